The lowest BCUT2D eigenvalue weighted by Gasteiger charge is -2.23. The Kier molecular flexibility index (Phi) is 10.4. The first kappa shape index (κ1) is 30.1. The maximum atomic E-state index is 12.6. The fraction of sp³-hybridized carbons (Fsp3) is 0.607. The molecule has 1 aromatic heterocycles. The number of alkyl halides is 1. The summed E-state index contributed by atoms with van der Waals surface area (Å²) in [6.07, 6.45) is 3.41. The first-order valence-electron chi connectivity index (χ1n) is 13.0. The molecule has 0 amide bonds. The maximum absolute atomic E-state index is 12.6. The maximum Gasteiger partial charge on any atom is 0.348 e. The molecule has 6 unspecified atom stereocenters. The number of hydrogen-bond acceptors (Lipinski definition) is 7. The van der Waals surface area contributed by atoms with Crippen LogP contribution < -0.4 is 0 Å². The molecule has 2 aliphatic rings. The highest BCUT2D eigenvalue weighted by Crippen LogP contribution is 2.42. The second-order valence-corrected chi connectivity index (χ2v) is 13.2. The molecule has 2 aromatic rings. The van der Waals surface area contributed by atoms with Crippen LogP contribution >= 0.6 is 46.1 Å². The third-order valence-electron chi connectivity index (χ3n) is 7.33. The van der Waals surface area contributed by atoms with E-state index in [1.54, 1.807) is 26.0 Å². The Bertz CT molecular complexity index is 1070. The Morgan fingerprint density at radius 1 is 1.08 bits per heavy atom. The molecule has 2 heterocycles. The van der Waals surface area contributed by atoms with Crippen molar-refractivity contribution >= 4 is 52.1 Å². The summed E-state index contributed by atoms with van der Waals surface area (Å²) < 4.78 is 16.8. The van der Waals surface area contributed by atoms with E-state index < -0.39 is 30.1 Å². The molecule has 2 fully saturated rings. The van der Waals surface area contributed by atoms with Crippen molar-refractivity contribution in [3.05, 3.63) is 55.7 Å². The Hall–Kier alpha value is -0.900. The van der Waals surface area contributed by atoms with Gasteiger partial charge in [-0.15, -0.1) is 22.9 Å². The third-order valence-corrected chi connectivity index (χ3v) is 9.39. The molecule has 0 spiro atoms. The molecule has 6 nitrogen and oxygen atoms in total. The molecule has 10 heteroatoms. The van der Waals surface area contributed by atoms with Gasteiger partial charge in [-0.25, -0.2) is 4.79 Å². The molecule has 0 radical (unpaired) electrons. The smallest absolute Gasteiger partial charge is 0.348 e. The summed E-state index contributed by atoms with van der Waals surface area (Å²) in [5, 5.41) is 21.3. The highest BCUT2D eigenvalue weighted by atomic mass is 35.5. The topological polar surface area (TPSA) is 85.2 Å². The van der Waals surface area contributed by atoms with E-state index in [0.717, 1.165) is 42.5 Å². The van der Waals surface area contributed by atoms with E-state index in [4.69, 9.17) is 49.0 Å². The third kappa shape index (κ3) is 7.85. The first-order chi connectivity index (χ1) is 18.0. The summed E-state index contributed by atoms with van der Waals surface area (Å²) >= 11 is 20.4. The van der Waals surface area contributed by atoms with Crippen molar-refractivity contribution in [1.82, 2.24) is 0 Å². The lowest BCUT2D eigenvalue weighted by Crippen LogP contribution is -2.31. The number of esters is 1. The zero-order valence-corrected chi connectivity index (χ0v) is 24.7. The quantitative estimate of drug-likeness (QED) is 0.232. The highest BCUT2D eigenvalue weighted by molar-refractivity contribution is 7.13. The predicted octanol–water partition coefficient (Wildman–Crippen LogP) is 6.28. The molecule has 1 saturated carbocycles. The van der Waals surface area contributed by atoms with Crippen molar-refractivity contribution in [1.29, 1.82) is 0 Å². The van der Waals surface area contributed by atoms with Crippen LogP contribution in [-0.4, -0.2) is 58.9 Å². The van der Waals surface area contributed by atoms with E-state index >= 15 is 0 Å². The molecule has 1 aliphatic carbocycles. The number of carbonyl (C=O) groups is 1. The number of ether oxygens (including phenoxy) is 3. The second-order valence-electron chi connectivity index (χ2n) is 10.6. The average molecular weight is 606 g/mol. The predicted molar refractivity (Wildman–Crippen MR) is 150 cm³/mol. The standard InChI is InChI=1S/C28H35Cl3O6S/c1-28(2)36-24(14-32)25(37-28)15-35-27(34)26-9-7-19(38-26)4-3-5-20-21(23(33)13-22(20)31)8-6-16-10-17(29)12-18(30)11-16/h7,9-12,20-25,32-33H,3-6,8,13-15H2,1-2H3. The van der Waals surface area contributed by atoms with Gasteiger partial charge in [-0.2, -0.15) is 0 Å². The Morgan fingerprint density at radius 3 is 2.50 bits per heavy atom. The number of aryl methyl sites for hydroxylation is 2. The second kappa shape index (κ2) is 13.2. The van der Waals surface area contributed by atoms with Crippen LogP contribution in [0.5, 0.6) is 0 Å². The van der Waals surface area contributed by atoms with Crippen molar-refractivity contribution in [3.8, 4) is 0 Å². The molecule has 1 aromatic carbocycles. The fourth-order valence-electron chi connectivity index (χ4n) is 5.59. The van der Waals surface area contributed by atoms with Crippen LogP contribution in [0.3, 0.4) is 0 Å². The average Bonchev–Trinajstić information content (AvgIpc) is 3.51. The highest BCUT2D eigenvalue weighted by Gasteiger charge is 2.42. The van der Waals surface area contributed by atoms with E-state index in [1.165, 1.54) is 11.3 Å². The van der Waals surface area contributed by atoms with Gasteiger partial charge >= 0.3 is 5.97 Å². The SMILES string of the molecule is CC1(C)OC(CO)C(COC(=O)c2ccc(CCCC3C(Cl)CC(O)C3CCc3cc(Cl)cc(Cl)c3)s2)O1. The van der Waals surface area contributed by atoms with Crippen LogP contribution in [0.15, 0.2) is 30.3 Å². The van der Waals surface area contributed by atoms with Gasteiger partial charge in [0, 0.05) is 20.3 Å². The normalized spacial score (nSPS) is 28.6. The minimum absolute atomic E-state index is 0.0185. The summed E-state index contributed by atoms with van der Waals surface area (Å²) in [5.41, 5.74) is 1.06. The molecule has 2 N–H and O–H groups in total. The summed E-state index contributed by atoms with van der Waals surface area (Å²) in [4.78, 5) is 14.2. The number of rotatable bonds is 11. The minimum Gasteiger partial charge on any atom is -0.459 e. The number of hydrogen-bond donors (Lipinski definition) is 2. The van der Waals surface area contributed by atoms with Gasteiger partial charge < -0.3 is 24.4 Å². The lowest BCUT2D eigenvalue weighted by atomic mass is 9.85. The van der Waals surface area contributed by atoms with Crippen LogP contribution in [-0.2, 0) is 27.1 Å². The molecule has 0 bridgehead atoms. The zero-order valence-electron chi connectivity index (χ0n) is 21.6. The number of halogens is 3. The van der Waals surface area contributed by atoms with Crippen LogP contribution in [0.1, 0.15) is 59.6 Å². The van der Waals surface area contributed by atoms with Crippen LogP contribution in [0.25, 0.3) is 0 Å². The van der Waals surface area contributed by atoms with E-state index in [2.05, 4.69) is 0 Å². The summed E-state index contributed by atoms with van der Waals surface area (Å²) in [6.45, 7) is 3.34. The Balaban J connectivity index is 1.25. The fourth-order valence-corrected chi connectivity index (χ4v) is 7.60. The molecule has 4 rings (SSSR count). The molecule has 38 heavy (non-hydrogen) atoms. The monoisotopic (exact) mass is 604 g/mol. The lowest BCUT2D eigenvalue weighted by molar-refractivity contribution is -0.151. The van der Waals surface area contributed by atoms with Gasteiger partial charge in [-0.1, -0.05) is 23.2 Å². The van der Waals surface area contributed by atoms with Crippen molar-refractivity contribution < 1.29 is 29.2 Å². The van der Waals surface area contributed by atoms with Gasteiger partial charge in [0.05, 0.1) is 12.7 Å². The van der Waals surface area contributed by atoms with Crippen LogP contribution in [0.2, 0.25) is 10.0 Å². The summed E-state index contributed by atoms with van der Waals surface area (Å²) in [5.74, 6) is -0.881. The molecular weight excluding hydrogens is 571 g/mol. The van der Waals surface area contributed by atoms with Gasteiger partial charge in [-0.3, -0.25) is 0 Å². The van der Waals surface area contributed by atoms with Gasteiger partial charge in [0.15, 0.2) is 5.79 Å². The Labute approximate surface area is 243 Å². The van der Waals surface area contributed by atoms with E-state index in [0.29, 0.717) is 21.3 Å². The largest absolute Gasteiger partial charge is 0.459 e. The zero-order chi connectivity index (χ0) is 27.4. The molecule has 210 valence electrons. The van der Waals surface area contributed by atoms with Crippen molar-refractivity contribution in [2.24, 2.45) is 11.8 Å². The van der Waals surface area contributed by atoms with Crippen molar-refractivity contribution in [2.75, 3.05) is 13.2 Å². The molecular formula is C28H35Cl3O6S. The first-order valence-corrected chi connectivity index (χ1v) is 15.0. The summed E-state index contributed by atoms with van der Waals surface area (Å²) in [7, 11) is 0. The van der Waals surface area contributed by atoms with Gasteiger partial charge in [0.25, 0.3) is 0 Å². The summed E-state index contributed by atoms with van der Waals surface area (Å²) in [6, 6.07) is 9.29. The van der Waals surface area contributed by atoms with Crippen molar-refractivity contribution in [3.63, 3.8) is 0 Å². The number of benzene rings is 1. The number of aliphatic hydroxyl groups is 2. The number of thiophene rings is 1. The van der Waals surface area contributed by atoms with Crippen LogP contribution in [0.4, 0.5) is 0 Å². The van der Waals surface area contributed by atoms with Gasteiger partial charge in [0.1, 0.15) is 23.7 Å². The number of aliphatic hydroxyl groups excluding tert-OH is 2. The minimum atomic E-state index is -0.819. The molecule has 1 aliphatic heterocycles. The number of carbonyl (C=O) groups excluding carboxylic acids is 1. The van der Waals surface area contributed by atoms with E-state index in [9.17, 15) is 15.0 Å². The van der Waals surface area contributed by atoms with E-state index in [1.807, 2.05) is 18.2 Å². The molecule has 6 atom stereocenters. The van der Waals surface area contributed by atoms with E-state index in [-0.39, 0.29) is 30.4 Å². The Morgan fingerprint density at radius 2 is 1.79 bits per heavy atom. The van der Waals surface area contributed by atoms with Gasteiger partial charge in [0.2, 0.25) is 0 Å². The van der Waals surface area contributed by atoms with Crippen LogP contribution in [0, 0.1) is 11.8 Å². The molecule has 1 saturated heterocycles. The van der Waals surface area contributed by atoms with Gasteiger partial charge in [-0.05, 0) is 100 Å². The van der Waals surface area contributed by atoms with Crippen molar-refractivity contribution in [2.45, 2.75) is 81.8 Å².